The van der Waals surface area contributed by atoms with Gasteiger partial charge < -0.3 is 0 Å². The van der Waals surface area contributed by atoms with Gasteiger partial charge in [0.1, 0.15) is 5.82 Å². The topological polar surface area (TPSA) is 33.6 Å². The Morgan fingerprint density at radius 3 is 2.68 bits per heavy atom. The summed E-state index contributed by atoms with van der Waals surface area (Å²) in [6, 6.07) is 7.78. The Morgan fingerprint density at radius 1 is 1.21 bits per heavy atom. The first-order valence-corrected chi connectivity index (χ1v) is 7.48. The molecule has 0 atom stereocenters. The van der Waals surface area contributed by atoms with Crippen LogP contribution in [0.1, 0.15) is 43.8 Å². The number of aromatic amines is 1. The minimum Gasteiger partial charge on any atom is -0.266 e. The maximum absolute atomic E-state index is 6.28. The van der Waals surface area contributed by atoms with Crippen molar-refractivity contribution in [3.8, 4) is 5.69 Å². The van der Waals surface area contributed by atoms with Crippen LogP contribution in [0, 0.1) is 4.77 Å². The number of hydrogen-bond acceptors (Lipinski definition) is 2. The van der Waals surface area contributed by atoms with Crippen molar-refractivity contribution in [2.75, 3.05) is 0 Å². The molecule has 1 heterocycles. The van der Waals surface area contributed by atoms with Crippen molar-refractivity contribution in [2.45, 2.75) is 38.0 Å². The lowest BCUT2D eigenvalue weighted by atomic mass is 9.88. The number of nitrogens with zero attached hydrogens (tertiary/aromatic N) is 2. The first-order valence-electron chi connectivity index (χ1n) is 6.69. The van der Waals surface area contributed by atoms with E-state index in [9.17, 15) is 0 Å². The fraction of sp³-hybridized carbons (Fsp3) is 0.429. The first kappa shape index (κ1) is 12.9. The van der Waals surface area contributed by atoms with Crippen LogP contribution < -0.4 is 0 Å². The summed E-state index contributed by atoms with van der Waals surface area (Å²) in [5.41, 5.74) is 0.924. The lowest BCUT2D eigenvalue weighted by Crippen LogP contribution is -2.12. The average Bonchev–Trinajstić information content (AvgIpc) is 2.82. The fourth-order valence-corrected chi connectivity index (χ4v) is 3.19. The molecule has 1 saturated carbocycles. The molecule has 1 aromatic carbocycles. The zero-order valence-corrected chi connectivity index (χ0v) is 12.2. The molecule has 2 aromatic rings. The number of nitrogens with one attached hydrogen (secondary N) is 1. The molecule has 5 heteroatoms. The van der Waals surface area contributed by atoms with Crippen molar-refractivity contribution in [3.05, 3.63) is 39.9 Å². The fourth-order valence-electron chi connectivity index (χ4n) is 2.78. The highest BCUT2D eigenvalue weighted by Crippen LogP contribution is 2.33. The summed E-state index contributed by atoms with van der Waals surface area (Å²) >= 11 is 11.5. The molecule has 19 heavy (non-hydrogen) atoms. The SMILES string of the molecule is S=c1nc(C2CCCCC2)n(-c2ccccc2Cl)[nH]1. The van der Waals surface area contributed by atoms with Crippen LogP contribution in [0.15, 0.2) is 24.3 Å². The molecule has 1 aromatic heterocycles. The van der Waals surface area contributed by atoms with Gasteiger partial charge in [-0.15, -0.1) is 0 Å². The van der Waals surface area contributed by atoms with Gasteiger partial charge in [0.25, 0.3) is 0 Å². The van der Waals surface area contributed by atoms with E-state index in [1.165, 1.54) is 32.1 Å². The highest BCUT2D eigenvalue weighted by Gasteiger charge is 2.22. The van der Waals surface area contributed by atoms with Crippen molar-refractivity contribution in [1.29, 1.82) is 0 Å². The third kappa shape index (κ3) is 2.60. The summed E-state index contributed by atoms with van der Waals surface area (Å²) in [7, 11) is 0. The molecule has 0 bridgehead atoms. The van der Waals surface area contributed by atoms with Gasteiger partial charge in [-0.1, -0.05) is 43.0 Å². The van der Waals surface area contributed by atoms with E-state index in [1.54, 1.807) is 0 Å². The van der Waals surface area contributed by atoms with Gasteiger partial charge in [0.2, 0.25) is 4.77 Å². The number of para-hydroxylation sites is 1. The van der Waals surface area contributed by atoms with E-state index in [0.29, 0.717) is 15.7 Å². The molecule has 1 N–H and O–H groups in total. The van der Waals surface area contributed by atoms with E-state index in [4.69, 9.17) is 23.8 Å². The van der Waals surface area contributed by atoms with Gasteiger partial charge in [0, 0.05) is 5.92 Å². The maximum Gasteiger partial charge on any atom is 0.213 e. The van der Waals surface area contributed by atoms with Gasteiger partial charge in [-0.25, -0.2) is 9.67 Å². The predicted octanol–water partition coefficient (Wildman–Crippen LogP) is 4.63. The number of halogens is 1. The van der Waals surface area contributed by atoms with Gasteiger partial charge in [-0.05, 0) is 37.2 Å². The Bertz CT molecular complexity index is 626. The highest BCUT2D eigenvalue weighted by atomic mass is 35.5. The number of aromatic nitrogens is 3. The Kier molecular flexibility index (Phi) is 3.71. The molecule has 1 aliphatic carbocycles. The molecule has 1 aliphatic rings. The second-order valence-corrected chi connectivity index (χ2v) is 5.80. The zero-order valence-electron chi connectivity index (χ0n) is 10.6. The van der Waals surface area contributed by atoms with Crippen molar-refractivity contribution in [1.82, 2.24) is 14.8 Å². The van der Waals surface area contributed by atoms with E-state index in [-0.39, 0.29) is 0 Å². The van der Waals surface area contributed by atoms with E-state index in [2.05, 4.69) is 10.1 Å². The van der Waals surface area contributed by atoms with Crippen molar-refractivity contribution < 1.29 is 0 Å². The molecule has 0 amide bonds. The molecule has 0 saturated heterocycles. The summed E-state index contributed by atoms with van der Waals surface area (Å²) in [5, 5.41) is 3.85. The van der Waals surface area contributed by atoms with E-state index < -0.39 is 0 Å². The first-order chi connectivity index (χ1) is 9.25. The molecule has 100 valence electrons. The number of benzene rings is 1. The zero-order chi connectivity index (χ0) is 13.2. The number of H-pyrrole nitrogens is 1. The van der Waals surface area contributed by atoms with Crippen molar-refractivity contribution in [2.24, 2.45) is 0 Å². The van der Waals surface area contributed by atoms with Gasteiger partial charge >= 0.3 is 0 Å². The third-order valence-corrected chi connectivity index (χ3v) is 4.22. The van der Waals surface area contributed by atoms with Crippen LogP contribution in [0.5, 0.6) is 0 Å². The third-order valence-electron chi connectivity index (χ3n) is 3.72. The van der Waals surface area contributed by atoms with Crippen LogP contribution in [0.2, 0.25) is 5.02 Å². The molecule has 0 radical (unpaired) electrons. The normalized spacial score (nSPS) is 16.7. The Balaban J connectivity index is 2.06. The van der Waals surface area contributed by atoms with Crippen LogP contribution in [0.4, 0.5) is 0 Å². The van der Waals surface area contributed by atoms with Crippen LogP contribution >= 0.6 is 23.8 Å². The Morgan fingerprint density at radius 2 is 1.95 bits per heavy atom. The summed E-state index contributed by atoms with van der Waals surface area (Å²) in [6.45, 7) is 0. The van der Waals surface area contributed by atoms with E-state index in [0.717, 1.165) is 11.5 Å². The number of rotatable bonds is 2. The molecule has 3 rings (SSSR count). The molecule has 0 spiro atoms. The van der Waals surface area contributed by atoms with Crippen LogP contribution in [0.25, 0.3) is 5.69 Å². The summed E-state index contributed by atoms with van der Waals surface area (Å²) in [6.07, 6.45) is 6.24. The van der Waals surface area contributed by atoms with Crippen LogP contribution in [-0.2, 0) is 0 Å². The predicted molar refractivity (Wildman–Crippen MR) is 79.6 cm³/mol. The smallest absolute Gasteiger partial charge is 0.213 e. The van der Waals surface area contributed by atoms with Crippen molar-refractivity contribution >= 4 is 23.8 Å². The number of hydrogen-bond donors (Lipinski definition) is 1. The minimum absolute atomic E-state index is 0.484. The second kappa shape index (κ2) is 5.47. The van der Waals surface area contributed by atoms with Gasteiger partial charge in [0.15, 0.2) is 0 Å². The van der Waals surface area contributed by atoms with E-state index in [1.807, 2.05) is 28.9 Å². The molecule has 1 fully saturated rings. The lowest BCUT2D eigenvalue weighted by Gasteiger charge is -2.21. The van der Waals surface area contributed by atoms with Crippen molar-refractivity contribution in [3.63, 3.8) is 0 Å². The van der Waals surface area contributed by atoms with Gasteiger partial charge in [0.05, 0.1) is 10.7 Å². The Labute approximate surface area is 122 Å². The summed E-state index contributed by atoms with van der Waals surface area (Å²) < 4.78 is 2.49. The standard InChI is InChI=1S/C14H16ClN3S/c15-11-8-4-5-9-12(11)18-13(16-14(19)17-18)10-6-2-1-3-7-10/h4-5,8-10H,1-3,6-7H2,(H,17,19). The van der Waals surface area contributed by atoms with Gasteiger partial charge in [-0.3, -0.25) is 5.10 Å². The molecular weight excluding hydrogens is 278 g/mol. The monoisotopic (exact) mass is 293 g/mol. The molecule has 0 aliphatic heterocycles. The van der Waals surface area contributed by atoms with Crippen LogP contribution in [0.3, 0.4) is 0 Å². The molecule has 3 nitrogen and oxygen atoms in total. The molecule has 0 unspecified atom stereocenters. The average molecular weight is 294 g/mol. The highest BCUT2D eigenvalue weighted by molar-refractivity contribution is 7.71. The quantitative estimate of drug-likeness (QED) is 0.819. The van der Waals surface area contributed by atoms with E-state index >= 15 is 0 Å². The largest absolute Gasteiger partial charge is 0.266 e. The van der Waals surface area contributed by atoms with Gasteiger partial charge in [-0.2, -0.15) is 0 Å². The molecular formula is C14H16ClN3S. The summed E-state index contributed by atoms with van der Waals surface area (Å²) in [5.74, 6) is 1.51. The lowest BCUT2D eigenvalue weighted by molar-refractivity contribution is 0.423. The summed E-state index contributed by atoms with van der Waals surface area (Å²) in [4.78, 5) is 4.52. The van der Waals surface area contributed by atoms with Crippen LogP contribution in [-0.4, -0.2) is 14.8 Å². The minimum atomic E-state index is 0.484. The second-order valence-electron chi connectivity index (χ2n) is 5.01. The Hall–Kier alpha value is -1.13. The maximum atomic E-state index is 6.28.